The van der Waals surface area contributed by atoms with E-state index in [0.29, 0.717) is 12.0 Å². The van der Waals surface area contributed by atoms with Gasteiger partial charge in [-0.2, -0.15) is 0 Å². The number of aromatic nitrogens is 2. The topological polar surface area (TPSA) is 44.1 Å². The fourth-order valence-corrected chi connectivity index (χ4v) is 3.92. The molecule has 0 aliphatic heterocycles. The van der Waals surface area contributed by atoms with Crippen LogP contribution in [0.15, 0.2) is 64.5 Å². The molecule has 0 saturated heterocycles. The highest BCUT2D eigenvalue weighted by Crippen LogP contribution is 2.22. The van der Waals surface area contributed by atoms with Crippen LogP contribution in [0.2, 0.25) is 0 Å². The van der Waals surface area contributed by atoms with E-state index < -0.39 is 0 Å². The van der Waals surface area contributed by atoms with Crippen molar-refractivity contribution in [2.45, 2.75) is 24.5 Å². The third kappa shape index (κ3) is 4.11. The lowest BCUT2D eigenvalue weighted by Gasteiger charge is -2.18. The van der Waals surface area contributed by atoms with Crippen molar-refractivity contribution < 1.29 is 4.74 Å². The summed E-state index contributed by atoms with van der Waals surface area (Å²) >= 11 is 1.62. The molecule has 1 heterocycles. The van der Waals surface area contributed by atoms with Gasteiger partial charge in [0.05, 0.1) is 23.6 Å². The van der Waals surface area contributed by atoms with Crippen LogP contribution in [0.1, 0.15) is 18.5 Å². The maximum atomic E-state index is 13.0. The van der Waals surface area contributed by atoms with Gasteiger partial charge in [-0.1, -0.05) is 54.2 Å². The maximum Gasteiger partial charge on any atom is 0.262 e. The molecule has 5 heteroatoms. The summed E-state index contributed by atoms with van der Waals surface area (Å²) in [5, 5.41) is 1.40. The Bertz CT molecular complexity index is 893. The first-order valence-electron chi connectivity index (χ1n) is 8.37. The fourth-order valence-electron chi connectivity index (χ4n) is 2.84. The van der Waals surface area contributed by atoms with E-state index in [1.165, 1.54) is 5.56 Å². The van der Waals surface area contributed by atoms with Gasteiger partial charge in [-0.05, 0) is 31.0 Å². The highest BCUT2D eigenvalue weighted by Gasteiger charge is 2.16. The number of hydrogen-bond acceptors (Lipinski definition) is 4. The molecule has 0 aliphatic carbocycles. The van der Waals surface area contributed by atoms with Crippen LogP contribution in [0.3, 0.4) is 0 Å². The van der Waals surface area contributed by atoms with Crippen molar-refractivity contribution in [2.75, 3.05) is 19.5 Å². The number of methoxy groups -OCH3 is 1. The summed E-state index contributed by atoms with van der Waals surface area (Å²) in [6.07, 6.45) is 0.937. The van der Waals surface area contributed by atoms with E-state index in [9.17, 15) is 4.79 Å². The Balaban J connectivity index is 1.91. The lowest BCUT2D eigenvalue weighted by molar-refractivity contribution is 0.156. The lowest BCUT2D eigenvalue weighted by Crippen LogP contribution is -2.28. The van der Waals surface area contributed by atoms with Gasteiger partial charge < -0.3 is 4.74 Å². The van der Waals surface area contributed by atoms with E-state index in [2.05, 4.69) is 12.1 Å². The lowest BCUT2D eigenvalue weighted by atomic mass is 10.2. The SMILES string of the molecule is COCC(C)n1c(SCCc2ccccc2)nc2ccccc2c1=O. The highest BCUT2D eigenvalue weighted by molar-refractivity contribution is 7.99. The van der Waals surface area contributed by atoms with Gasteiger partial charge in [-0.25, -0.2) is 4.98 Å². The first-order chi connectivity index (χ1) is 12.2. The highest BCUT2D eigenvalue weighted by atomic mass is 32.2. The van der Waals surface area contributed by atoms with Crippen LogP contribution in [-0.2, 0) is 11.2 Å². The maximum absolute atomic E-state index is 13.0. The number of fused-ring (bicyclic) bond motifs is 1. The Morgan fingerprint density at radius 2 is 1.84 bits per heavy atom. The molecule has 3 rings (SSSR count). The summed E-state index contributed by atoms with van der Waals surface area (Å²) in [4.78, 5) is 17.7. The number of thioether (sulfide) groups is 1. The van der Waals surface area contributed by atoms with E-state index in [1.807, 2.05) is 49.4 Å². The minimum atomic E-state index is -0.0613. The quantitative estimate of drug-likeness (QED) is 0.476. The molecule has 0 radical (unpaired) electrons. The van der Waals surface area contributed by atoms with Crippen LogP contribution in [0.25, 0.3) is 10.9 Å². The number of rotatable bonds is 7. The molecule has 2 aromatic carbocycles. The number of para-hydroxylation sites is 1. The molecule has 0 spiro atoms. The molecule has 3 aromatic rings. The summed E-state index contributed by atoms with van der Waals surface area (Å²) < 4.78 is 7.02. The Hall–Kier alpha value is -2.11. The number of ether oxygens (including phenoxy) is 1. The summed E-state index contributed by atoms with van der Waals surface area (Å²) in [7, 11) is 1.65. The molecule has 0 saturated carbocycles. The number of aryl methyl sites for hydroxylation is 1. The van der Waals surface area contributed by atoms with Gasteiger partial charge in [0.2, 0.25) is 0 Å². The zero-order valence-electron chi connectivity index (χ0n) is 14.5. The zero-order chi connectivity index (χ0) is 17.6. The number of hydrogen-bond donors (Lipinski definition) is 0. The van der Waals surface area contributed by atoms with Gasteiger partial charge in [-0.3, -0.25) is 9.36 Å². The van der Waals surface area contributed by atoms with Crippen LogP contribution in [0, 0.1) is 0 Å². The predicted molar refractivity (Wildman–Crippen MR) is 103 cm³/mol. The molecular weight excluding hydrogens is 332 g/mol. The molecule has 1 unspecified atom stereocenters. The van der Waals surface area contributed by atoms with Crippen LogP contribution in [0.5, 0.6) is 0 Å². The Morgan fingerprint density at radius 3 is 2.60 bits per heavy atom. The fraction of sp³-hybridized carbons (Fsp3) is 0.300. The van der Waals surface area contributed by atoms with Crippen LogP contribution in [-0.4, -0.2) is 29.0 Å². The van der Waals surface area contributed by atoms with Crippen molar-refractivity contribution in [1.82, 2.24) is 9.55 Å². The van der Waals surface area contributed by atoms with Crippen molar-refractivity contribution in [3.63, 3.8) is 0 Å². The van der Waals surface area contributed by atoms with Crippen LogP contribution in [0.4, 0.5) is 0 Å². The van der Waals surface area contributed by atoms with Gasteiger partial charge >= 0.3 is 0 Å². The molecule has 1 aromatic heterocycles. The van der Waals surface area contributed by atoms with Crippen molar-refractivity contribution in [3.05, 3.63) is 70.5 Å². The molecule has 1 atom stereocenters. The summed E-state index contributed by atoms with van der Waals surface area (Å²) in [6, 6.07) is 17.8. The zero-order valence-corrected chi connectivity index (χ0v) is 15.3. The van der Waals surface area contributed by atoms with Crippen LogP contribution < -0.4 is 5.56 Å². The van der Waals surface area contributed by atoms with Gasteiger partial charge in [0.25, 0.3) is 5.56 Å². The third-order valence-corrected chi connectivity index (χ3v) is 5.04. The standard InChI is InChI=1S/C20H22N2O2S/c1-15(14-24-2)22-19(23)17-10-6-7-11-18(17)21-20(22)25-13-12-16-8-4-3-5-9-16/h3-11,15H,12-14H2,1-2H3. The van der Waals surface area contributed by atoms with E-state index in [1.54, 1.807) is 23.4 Å². The second-order valence-electron chi connectivity index (χ2n) is 5.98. The summed E-state index contributed by atoms with van der Waals surface area (Å²) in [5.41, 5.74) is 2.03. The minimum Gasteiger partial charge on any atom is -0.383 e. The summed E-state index contributed by atoms with van der Waals surface area (Å²) in [6.45, 7) is 2.47. The van der Waals surface area contributed by atoms with Gasteiger partial charge in [0.1, 0.15) is 0 Å². The van der Waals surface area contributed by atoms with E-state index in [0.717, 1.165) is 22.8 Å². The molecule has 0 fully saturated rings. The average molecular weight is 354 g/mol. The predicted octanol–water partition coefficient (Wildman–Crippen LogP) is 3.94. The molecule has 130 valence electrons. The molecule has 4 nitrogen and oxygen atoms in total. The smallest absolute Gasteiger partial charge is 0.262 e. The van der Waals surface area contributed by atoms with E-state index in [4.69, 9.17) is 9.72 Å². The average Bonchev–Trinajstić information content (AvgIpc) is 2.63. The van der Waals surface area contributed by atoms with Gasteiger partial charge in [0, 0.05) is 12.9 Å². The normalized spacial score (nSPS) is 12.4. The third-order valence-electron chi connectivity index (χ3n) is 4.09. The number of benzene rings is 2. The van der Waals surface area contributed by atoms with Crippen molar-refractivity contribution in [2.24, 2.45) is 0 Å². The first kappa shape index (κ1) is 17.7. The summed E-state index contributed by atoms with van der Waals surface area (Å²) in [5.74, 6) is 0.870. The van der Waals surface area contributed by atoms with Crippen molar-refractivity contribution >= 4 is 22.7 Å². The second-order valence-corrected chi connectivity index (χ2v) is 7.04. The van der Waals surface area contributed by atoms with E-state index in [-0.39, 0.29) is 11.6 Å². The first-order valence-corrected chi connectivity index (χ1v) is 9.36. The number of nitrogens with zero attached hydrogens (tertiary/aromatic N) is 2. The van der Waals surface area contributed by atoms with Crippen LogP contribution >= 0.6 is 11.8 Å². The Labute approximate surface area is 151 Å². The molecule has 0 N–H and O–H groups in total. The molecule has 0 amide bonds. The Morgan fingerprint density at radius 1 is 1.12 bits per heavy atom. The van der Waals surface area contributed by atoms with E-state index >= 15 is 0 Å². The minimum absolute atomic E-state index is 0.00244. The van der Waals surface area contributed by atoms with Gasteiger partial charge in [-0.15, -0.1) is 0 Å². The monoisotopic (exact) mass is 354 g/mol. The van der Waals surface area contributed by atoms with Crippen molar-refractivity contribution in [3.8, 4) is 0 Å². The molecule has 0 aliphatic rings. The molecule has 25 heavy (non-hydrogen) atoms. The van der Waals surface area contributed by atoms with Gasteiger partial charge in [0.15, 0.2) is 5.16 Å². The Kier molecular flexibility index (Phi) is 5.89. The largest absolute Gasteiger partial charge is 0.383 e. The second kappa shape index (κ2) is 8.32. The molecule has 0 bridgehead atoms. The molecular formula is C20H22N2O2S. The van der Waals surface area contributed by atoms with Crippen molar-refractivity contribution in [1.29, 1.82) is 0 Å².